The Morgan fingerprint density at radius 1 is 1.02 bits per heavy atom. The average Bonchev–Trinajstić information content (AvgIpc) is 3.44. The van der Waals surface area contributed by atoms with Gasteiger partial charge in [0.05, 0.1) is 25.4 Å². The highest BCUT2D eigenvalue weighted by molar-refractivity contribution is 7.89. The third kappa shape index (κ3) is 7.47. The lowest BCUT2D eigenvalue weighted by Gasteiger charge is -2.31. The fourth-order valence-electron chi connectivity index (χ4n) is 6.10. The van der Waals surface area contributed by atoms with Gasteiger partial charge in [0, 0.05) is 49.0 Å². The van der Waals surface area contributed by atoms with Crippen molar-refractivity contribution in [1.29, 1.82) is 0 Å². The summed E-state index contributed by atoms with van der Waals surface area (Å²) in [6, 6.07) is 22.6. The van der Waals surface area contributed by atoms with Crippen LogP contribution in [0, 0.1) is 6.92 Å². The fraction of sp³-hybridized carbons (Fsp3) is 0.382. The van der Waals surface area contributed by atoms with Crippen molar-refractivity contribution in [1.82, 2.24) is 9.29 Å². The Morgan fingerprint density at radius 3 is 2.49 bits per heavy atom. The first-order chi connectivity index (χ1) is 20.7. The van der Waals surface area contributed by atoms with Gasteiger partial charge in [-0.3, -0.25) is 4.79 Å². The SMILES string of the molecule is CCN(CCOCCS(=O)(=O)N1CCC(c2c[nH]c3c(CC(N)=O)cc(-c4ccccc4)cc23)CC1)c1cccc(C)c1. The number of nitrogens with one attached hydrogen (secondary N) is 1. The monoisotopic (exact) mass is 602 g/mol. The van der Waals surface area contributed by atoms with Crippen LogP contribution in [0.25, 0.3) is 22.0 Å². The number of aromatic amines is 1. The molecular weight excluding hydrogens is 560 g/mol. The predicted molar refractivity (Wildman–Crippen MR) is 174 cm³/mol. The number of anilines is 1. The number of fused-ring (bicyclic) bond motifs is 1. The molecule has 0 bridgehead atoms. The van der Waals surface area contributed by atoms with E-state index in [-0.39, 0.29) is 30.6 Å². The van der Waals surface area contributed by atoms with Gasteiger partial charge in [0.2, 0.25) is 15.9 Å². The molecule has 2 heterocycles. The number of aryl methyl sites for hydroxylation is 1. The van der Waals surface area contributed by atoms with E-state index in [0.717, 1.165) is 58.2 Å². The molecule has 0 atom stereocenters. The molecule has 1 amide bonds. The number of likely N-dealkylation sites (N-methyl/N-ethyl adjacent to an activating group) is 1. The third-order valence-electron chi connectivity index (χ3n) is 8.40. The van der Waals surface area contributed by atoms with Crippen LogP contribution < -0.4 is 10.6 Å². The van der Waals surface area contributed by atoms with Crippen LogP contribution in [0.1, 0.15) is 42.4 Å². The van der Waals surface area contributed by atoms with Crippen molar-refractivity contribution in [3.63, 3.8) is 0 Å². The maximum atomic E-state index is 13.1. The van der Waals surface area contributed by atoms with E-state index in [9.17, 15) is 13.2 Å². The van der Waals surface area contributed by atoms with Crippen molar-refractivity contribution in [2.75, 3.05) is 50.0 Å². The van der Waals surface area contributed by atoms with Crippen LogP contribution in [0.15, 0.2) is 72.9 Å². The number of carbonyl (C=O) groups is 1. The number of ether oxygens (including phenoxy) is 1. The number of rotatable bonds is 13. The number of carbonyl (C=O) groups excluding carboxylic acids is 1. The van der Waals surface area contributed by atoms with E-state index in [2.05, 4.69) is 60.1 Å². The summed E-state index contributed by atoms with van der Waals surface area (Å²) in [6.07, 6.45) is 3.63. The van der Waals surface area contributed by atoms with E-state index in [1.807, 2.05) is 36.5 Å². The lowest BCUT2D eigenvalue weighted by molar-refractivity contribution is -0.117. The van der Waals surface area contributed by atoms with Gasteiger partial charge in [0.15, 0.2) is 0 Å². The number of aromatic nitrogens is 1. The van der Waals surface area contributed by atoms with Crippen LogP contribution in [0.2, 0.25) is 0 Å². The number of amides is 1. The lowest BCUT2D eigenvalue weighted by atomic mass is 9.88. The van der Waals surface area contributed by atoms with Crippen LogP contribution in [0.5, 0.6) is 0 Å². The zero-order valence-corrected chi connectivity index (χ0v) is 25.9. The van der Waals surface area contributed by atoms with Gasteiger partial charge in [-0.1, -0.05) is 42.5 Å². The van der Waals surface area contributed by atoms with E-state index < -0.39 is 10.0 Å². The van der Waals surface area contributed by atoms with Gasteiger partial charge >= 0.3 is 0 Å². The minimum absolute atomic E-state index is 0.0156. The summed E-state index contributed by atoms with van der Waals surface area (Å²) in [5, 5.41) is 1.07. The van der Waals surface area contributed by atoms with Gasteiger partial charge < -0.3 is 20.4 Å². The zero-order valence-electron chi connectivity index (χ0n) is 25.1. The standard InChI is InChI=1S/C34H42N4O4S/c1-3-37(30-11-7-8-25(2)20-30)16-17-42-18-19-43(40,41)38-14-12-27(13-15-38)32-24-36-34-29(23-33(35)39)21-28(22-31(32)34)26-9-5-4-6-10-26/h4-11,20-22,24,27,36H,3,12-19,23H2,1-2H3,(H2,35,39). The minimum Gasteiger partial charge on any atom is -0.379 e. The van der Waals surface area contributed by atoms with Crippen LogP contribution in [0.4, 0.5) is 5.69 Å². The summed E-state index contributed by atoms with van der Waals surface area (Å²) in [7, 11) is -3.41. The number of nitrogens with two attached hydrogens (primary N) is 1. The number of piperidine rings is 1. The van der Waals surface area contributed by atoms with E-state index in [0.29, 0.717) is 26.2 Å². The summed E-state index contributed by atoms with van der Waals surface area (Å²) >= 11 is 0. The Kier molecular flexibility index (Phi) is 9.85. The van der Waals surface area contributed by atoms with E-state index in [1.54, 1.807) is 4.31 Å². The quantitative estimate of drug-likeness (QED) is 0.204. The highest BCUT2D eigenvalue weighted by Crippen LogP contribution is 2.37. The molecule has 0 radical (unpaired) electrons. The molecular formula is C34H42N4O4S. The first-order valence-corrected chi connectivity index (χ1v) is 16.7. The van der Waals surface area contributed by atoms with Crippen molar-refractivity contribution in [2.24, 2.45) is 5.73 Å². The molecule has 1 fully saturated rings. The van der Waals surface area contributed by atoms with Gasteiger partial charge in [-0.05, 0) is 84.7 Å². The highest BCUT2D eigenvalue weighted by Gasteiger charge is 2.30. The minimum atomic E-state index is -3.41. The van der Waals surface area contributed by atoms with Gasteiger partial charge in [-0.15, -0.1) is 0 Å². The second-order valence-electron chi connectivity index (χ2n) is 11.3. The lowest BCUT2D eigenvalue weighted by Crippen LogP contribution is -2.40. The molecule has 3 N–H and O–H groups in total. The second-order valence-corrected chi connectivity index (χ2v) is 13.4. The van der Waals surface area contributed by atoms with Gasteiger partial charge in [-0.25, -0.2) is 12.7 Å². The van der Waals surface area contributed by atoms with Gasteiger partial charge in [0.1, 0.15) is 0 Å². The van der Waals surface area contributed by atoms with Crippen LogP contribution in [0.3, 0.4) is 0 Å². The van der Waals surface area contributed by atoms with E-state index in [1.165, 1.54) is 5.56 Å². The number of nitrogens with zero attached hydrogens (tertiary/aromatic N) is 2. The highest BCUT2D eigenvalue weighted by atomic mass is 32.2. The first kappa shape index (κ1) is 30.8. The molecule has 0 unspecified atom stereocenters. The van der Waals surface area contributed by atoms with Crippen molar-refractivity contribution >= 4 is 32.5 Å². The summed E-state index contributed by atoms with van der Waals surface area (Å²) in [6.45, 7) is 7.36. The Balaban J connectivity index is 1.19. The molecule has 1 aliphatic heterocycles. The Morgan fingerprint density at radius 2 is 1.79 bits per heavy atom. The van der Waals surface area contributed by atoms with Crippen molar-refractivity contribution in [2.45, 2.75) is 39.0 Å². The molecule has 4 aromatic rings. The molecule has 1 saturated heterocycles. The van der Waals surface area contributed by atoms with Crippen molar-refractivity contribution in [3.05, 3.63) is 89.6 Å². The topological polar surface area (TPSA) is 109 Å². The number of hydrogen-bond donors (Lipinski definition) is 2. The fourth-order valence-corrected chi connectivity index (χ4v) is 7.45. The number of sulfonamides is 1. The van der Waals surface area contributed by atoms with Gasteiger partial charge in [-0.2, -0.15) is 0 Å². The van der Waals surface area contributed by atoms with Gasteiger partial charge in [0.25, 0.3) is 0 Å². The second kappa shape index (κ2) is 13.8. The Labute approximate surface area is 254 Å². The smallest absolute Gasteiger partial charge is 0.221 e. The third-order valence-corrected chi connectivity index (χ3v) is 10.2. The molecule has 3 aromatic carbocycles. The average molecular weight is 603 g/mol. The first-order valence-electron chi connectivity index (χ1n) is 15.1. The summed E-state index contributed by atoms with van der Waals surface area (Å²) in [5.41, 5.74) is 13.0. The van der Waals surface area contributed by atoms with Crippen LogP contribution in [-0.4, -0.2) is 68.8 Å². The molecule has 0 aliphatic carbocycles. The zero-order chi connectivity index (χ0) is 30.4. The summed E-state index contributed by atoms with van der Waals surface area (Å²) in [4.78, 5) is 17.5. The van der Waals surface area contributed by atoms with Crippen molar-refractivity contribution < 1.29 is 17.9 Å². The molecule has 9 heteroatoms. The maximum absolute atomic E-state index is 13.1. The molecule has 228 valence electrons. The normalized spacial score (nSPS) is 14.7. The van der Waals surface area contributed by atoms with E-state index >= 15 is 0 Å². The molecule has 5 rings (SSSR count). The van der Waals surface area contributed by atoms with Crippen LogP contribution >= 0.6 is 0 Å². The molecule has 1 aliphatic rings. The number of hydrogen-bond acceptors (Lipinski definition) is 5. The summed E-state index contributed by atoms with van der Waals surface area (Å²) in [5.74, 6) is -0.178. The summed E-state index contributed by atoms with van der Waals surface area (Å²) < 4.78 is 33.7. The molecule has 8 nitrogen and oxygen atoms in total. The molecule has 43 heavy (non-hydrogen) atoms. The molecule has 1 aromatic heterocycles. The van der Waals surface area contributed by atoms with Crippen molar-refractivity contribution in [3.8, 4) is 11.1 Å². The number of primary amides is 1. The van der Waals surface area contributed by atoms with Crippen LogP contribution in [-0.2, 0) is 26.0 Å². The predicted octanol–water partition coefficient (Wildman–Crippen LogP) is 5.22. The van der Waals surface area contributed by atoms with E-state index in [4.69, 9.17) is 10.5 Å². The maximum Gasteiger partial charge on any atom is 0.221 e. The molecule has 0 saturated carbocycles. The number of benzene rings is 3. The Bertz CT molecular complexity index is 1640. The largest absolute Gasteiger partial charge is 0.379 e. The Hall–Kier alpha value is -3.66. The molecule has 0 spiro atoms. The number of H-pyrrole nitrogens is 1.